The van der Waals surface area contributed by atoms with E-state index in [1.54, 1.807) is 23.6 Å². The Kier molecular flexibility index (Phi) is 9.74. The van der Waals surface area contributed by atoms with Crippen LogP contribution in [0.25, 0.3) is 22.3 Å². The maximum Gasteiger partial charge on any atom is 0.340 e. The van der Waals surface area contributed by atoms with E-state index in [2.05, 4.69) is 16.0 Å². The Morgan fingerprint density at radius 3 is 2.72 bits per heavy atom. The monoisotopic (exact) mass is 638 g/mol. The molecule has 0 saturated heterocycles. The average molecular weight is 639 g/mol. The molecule has 2 aromatic heterocycles. The molecule has 4 heterocycles. The van der Waals surface area contributed by atoms with Crippen LogP contribution in [0.3, 0.4) is 0 Å². The van der Waals surface area contributed by atoms with Crippen LogP contribution in [0, 0.1) is 12.7 Å². The van der Waals surface area contributed by atoms with Crippen molar-refractivity contribution in [1.29, 1.82) is 0 Å². The van der Waals surface area contributed by atoms with Gasteiger partial charge in [0.2, 0.25) is 17.7 Å². The van der Waals surface area contributed by atoms with Crippen molar-refractivity contribution in [1.82, 2.24) is 25.5 Å². The summed E-state index contributed by atoms with van der Waals surface area (Å²) in [6.45, 7) is 2.89. The maximum absolute atomic E-state index is 14.6. The number of rotatable bonds is 12. The van der Waals surface area contributed by atoms with Gasteiger partial charge in [0.1, 0.15) is 25.2 Å². The zero-order valence-corrected chi connectivity index (χ0v) is 25.4. The van der Waals surface area contributed by atoms with E-state index < -0.39 is 41.7 Å². The summed E-state index contributed by atoms with van der Waals surface area (Å²) in [6, 6.07) is 3.86. The van der Waals surface area contributed by atoms with Gasteiger partial charge in [-0.1, -0.05) is 0 Å². The second kappa shape index (κ2) is 13.7. The highest BCUT2D eigenvalue weighted by molar-refractivity contribution is 5.90. The number of cyclic esters (lactones) is 1. The van der Waals surface area contributed by atoms with Crippen LogP contribution in [0.4, 0.5) is 4.39 Å². The lowest BCUT2D eigenvalue weighted by Crippen LogP contribution is -2.48. The van der Waals surface area contributed by atoms with Gasteiger partial charge in [0, 0.05) is 29.2 Å². The molecule has 2 aliphatic heterocycles. The first-order valence-corrected chi connectivity index (χ1v) is 14.8. The molecule has 5 rings (SSSR count). The number of aryl methyl sites for hydroxylation is 2. The summed E-state index contributed by atoms with van der Waals surface area (Å²) < 4.78 is 26.7. The zero-order valence-electron chi connectivity index (χ0n) is 25.4. The molecule has 1 unspecified atom stereocenters. The number of nitrogens with one attached hydrogen (secondary N) is 3. The van der Waals surface area contributed by atoms with Crippen molar-refractivity contribution < 1.29 is 38.1 Å². The first kappa shape index (κ1) is 32.7. The van der Waals surface area contributed by atoms with Crippen LogP contribution < -0.4 is 27.2 Å². The van der Waals surface area contributed by atoms with Crippen molar-refractivity contribution in [2.45, 2.75) is 58.4 Å². The van der Waals surface area contributed by atoms with E-state index in [0.29, 0.717) is 48.3 Å². The molecule has 0 fully saturated rings. The Hall–Kier alpha value is -4.73. The minimum Gasteiger partial charge on any atom is -0.458 e. The Balaban J connectivity index is 1.23. The Morgan fingerprint density at radius 2 is 1.96 bits per heavy atom. The predicted octanol–water partition coefficient (Wildman–Crippen LogP) is -0.0445. The lowest BCUT2D eigenvalue weighted by atomic mass is 9.94. The fraction of sp³-hybridized carbons (Fsp3) is 0.419. The van der Waals surface area contributed by atoms with Crippen LogP contribution in [0.5, 0.6) is 0 Å². The normalized spacial score (nSPS) is 15.4. The molecule has 0 bridgehead atoms. The van der Waals surface area contributed by atoms with Crippen molar-refractivity contribution >= 4 is 34.6 Å². The van der Waals surface area contributed by atoms with Gasteiger partial charge in [-0.05, 0) is 56.4 Å². The average Bonchev–Trinajstić information content (AvgIpc) is 3.40. The number of ether oxygens (including phenoxy) is 2. The quantitative estimate of drug-likeness (QED) is 0.0795. The number of fused-ring (bicyclic) bond motifs is 5. The number of nitrogens with two attached hydrogens (primary N) is 1. The van der Waals surface area contributed by atoms with Gasteiger partial charge in [-0.3, -0.25) is 19.2 Å². The second-order valence-corrected chi connectivity index (χ2v) is 11.2. The van der Waals surface area contributed by atoms with E-state index in [1.807, 2.05) is 0 Å². The topological polar surface area (TPSA) is 204 Å². The number of nitrogens with zero attached hydrogens (tertiary/aromatic N) is 2. The molecular weight excluding hydrogens is 603 g/mol. The molecule has 6 N–H and O–H groups in total. The van der Waals surface area contributed by atoms with Crippen molar-refractivity contribution in [2.24, 2.45) is 5.73 Å². The number of pyridine rings is 2. The number of esters is 1. The number of benzene rings is 1. The van der Waals surface area contributed by atoms with E-state index >= 15 is 0 Å². The second-order valence-electron chi connectivity index (χ2n) is 11.2. The number of amides is 3. The van der Waals surface area contributed by atoms with Gasteiger partial charge in [0.25, 0.3) is 5.56 Å². The van der Waals surface area contributed by atoms with Crippen molar-refractivity contribution in [3.63, 3.8) is 0 Å². The first-order valence-electron chi connectivity index (χ1n) is 14.8. The molecule has 14 nitrogen and oxygen atoms in total. The van der Waals surface area contributed by atoms with Crippen molar-refractivity contribution in [3.8, 4) is 11.4 Å². The standard InChI is InChI=1S/C31H35FN6O8/c1-15-7-18-17(5-3-4-6-45-14-35-29(42)16(2)36-26(40)11-34-25(39)10-33)20-12-38-24(27(20)37-23(18)9-22(15)32)8-19-21(30(38)43)13-46-31(44)28(19)41/h7-9,16,28,41H,3-6,10-14,33H2,1-2H3,(H,34,39)(H,35,42)(H,36,40)/t16-,28?/m0/s1. The summed E-state index contributed by atoms with van der Waals surface area (Å²) in [7, 11) is 0. The minimum absolute atomic E-state index is 0.0734. The summed E-state index contributed by atoms with van der Waals surface area (Å²) in [6.07, 6.45) is 0.279. The summed E-state index contributed by atoms with van der Waals surface area (Å²) >= 11 is 0. The van der Waals surface area contributed by atoms with Gasteiger partial charge in [-0.15, -0.1) is 0 Å². The maximum atomic E-state index is 14.6. The van der Waals surface area contributed by atoms with Gasteiger partial charge in [-0.25, -0.2) is 14.2 Å². The molecule has 15 heteroatoms. The summed E-state index contributed by atoms with van der Waals surface area (Å²) in [5, 5.41) is 18.5. The molecular formula is C31H35FN6O8. The highest BCUT2D eigenvalue weighted by atomic mass is 19.1. The molecule has 46 heavy (non-hydrogen) atoms. The smallest absolute Gasteiger partial charge is 0.340 e. The fourth-order valence-corrected chi connectivity index (χ4v) is 5.59. The van der Waals surface area contributed by atoms with Crippen molar-refractivity contribution in [2.75, 3.05) is 26.4 Å². The fourth-order valence-electron chi connectivity index (χ4n) is 5.59. The summed E-state index contributed by atoms with van der Waals surface area (Å²) in [5.74, 6) is -2.71. The number of aliphatic hydroxyl groups excluding tert-OH is 1. The Labute approximate surface area is 262 Å². The number of hydrogen-bond donors (Lipinski definition) is 5. The lowest BCUT2D eigenvalue weighted by molar-refractivity contribution is -0.157. The van der Waals surface area contributed by atoms with Gasteiger partial charge >= 0.3 is 5.97 Å². The van der Waals surface area contributed by atoms with E-state index in [4.69, 9.17) is 20.2 Å². The summed E-state index contributed by atoms with van der Waals surface area (Å²) in [4.78, 5) is 65.4. The minimum atomic E-state index is -1.58. The molecule has 2 aliphatic rings. The third kappa shape index (κ3) is 6.61. The lowest BCUT2D eigenvalue weighted by Gasteiger charge is -2.21. The van der Waals surface area contributed by atoms with Gasteiger partial charge in [0.15, 0.2) is 6.10 Å². The molecule has 3 amide bonds. The number of unbranched alkanes of at least 4 members (excludes halogenated alkanes) is 1. The van der Waals surface area contributed by atoms with Crippen LogP contribution in [-0.2, 0) is 48.2 Å². The molecule has 244 valence electrons. The number of aromatic nitrogens is 2. The van der Waals surface area contributed by atoms with Crippen LogP contribution in [0.15, 0.2) is 23.0 Å². The van der Waals surface area contributed by atoms with Gasteiger partial charge < -0.3 is 40.8 Å². The number of halogens is 1. The van der Waals surface area contributed by atoms with Gasteiger partial charge in [-0.2, -0.15) is 0 Å². The van der Waals surface area contributed by atoms with E-state index in [0.717, 1.165) is 16.5 Å². The molecule has 0 saturated carbocycles. The largest absolute Gasteiger partial charge is 0.458 e. The third-order valence-electron chi connectivity index (χ3n) is 8.07. The molecule has 0 spiro atoms. The number of aliphatic hydroxyl groups is 1. The highest BCUT2D eigenvalue weighted by Crippen LogP contribution is 2.38. The molecule has 0 aliphatic carbocycles. The number of hydrogen-bond acceptors (Lipinski definition) is 10. The Bertz CT molecular complexity index is 1790. The number of carbonyl (C=O) groups is 4. The van der Waals surface area contributed by atoms with E-state index in [9.17, 15) is 33.5 Å². The van der Waals surface area contributed by atoms with Crippen LogP contribution in [0.1, 0.15) is 53.7 Å². The van der Waals surface area contributed by atoms with Crippen LogP contribution in [0.2, 0.25) is 0 Å². The molecule has 3 aromatic rings. The van der Waals surface area contributed by atoms with Gasteiger partial charge in [0.05, 0.1) is 42.1 Å². The van der Waals surface area contributed by atoms with Crippen LogP contribution in [-0.4, -0.2) is 70.8 Å². The SMILES string of the molecule is Cc1cc2c(CCCCOCNC(=O)[C@H](C)NC(=O)CNC(=O)CN)c3c(nc2cc1F)-c1cc2c(c(=O)n1C3)COC(=O)C2O. The third-order valence-corrected chi connectivity index (χ3v) is 8.07. The highest BCUT2D eigenvalue weighted by Gasteiger charge is 2.34. The van der Waals surface area contributed by atoms with E-state index in [1.165, 1.54) is 13.0 Å². The predicted molar refractivity (Wildman–Crippen MR) is 162 cm³/mol. The van der Waals surface area contributed by atoms with E-state index in [-0.39, 0.29) is 49.7 Å². The first-order chi connectivity index (χ1) is 22.0. The Morgan fingerprint density at radius 1 is 1.17 bits per heavy atom. The molecule has 0 radical (unpaired) electrons. The molecule has 2 atom stereocenters. The zero-order chi connectivity index (χ0) is 33.1. The number of carbonyl (C=O) groups excluding carboxylic acids is 4. The van der Waals surface area contributed by atoms with Crippen molar-refractivity contribution in [3.05, 3.63) is 62.2 Å². The molecule has 1 aromatic carbocycles. The summed E-state index contributed by atoms with van der Waals surface area (Å²) in [5.41, 5.74) is 8.76. The van der Waals surface area contributed by atoms with Crippen LogP contribution >= 0.6 is 0 Å².